The maximum atomic E-state index is 6.06. The van der Waals surface area contributed by atoms with Gasteiger partial charge in [0.1, 0.15) is 0 Å². The molecule has 0 atom stereocenters. The quantitative estimate of drug-likeness (QED) is 0.392. The van der Waals surface area contributed by atoms with Crippen LogP contribution in [0.5, 0.6) is 0 Å². The van der Waals surface area contributed by atoms with Crippen LogP contribution in [0.2, 0.25) is 0 Å². The molecule has 1 aliphatic rings. The molecule has 2 aromatic carbocycles. The standard InChI is InChI=1S/C20H25N3O.HI/c1-2-24-14-18-7-4-3-6-17(18)13-22-20(21)23-19-11-10-15-8-5-9-16(15)12-19;/h3-4,6-7,10-12H,2,5,8-9,13-14H2,1H3,(H3,21,22,23);1H. The lowest BCUT2D eigenvalue weighted by molar-refractivity contribution is 0.133. The summed E-state index contributed by atoms with van der Waals surface area (Å²) in [7, 11) is 0. The largest absolute Gasteiger partial charge is 0.377 e. The van der Waals surface area contributed by atoms with E-state index in [0.29, 0.717) is 25.7 Å². The number of aryl methyl sites for hydroxylation is 2. The molecule has 134 valence electrons. The van der Waals surface area contributed by atoms with Crippen LogP contribution < -0.4 is 11.1 Å². The Labute approximate surface area is 166 Å². The Morgan fingerprint density at radius 1 is 1.12 bits per heavy atom. The van der Waals surface area contributed by atoms with Crippen molar-refractivity contribution in [1.82, 2.24) is 0 Å². The van der Waals surface area contributed by atoms with E-state index in [1.54, 1.807) is 0 Å². The van der Waals surface area contributed by atoms with Crippen molar-refractivity contribution >= 4 is 35.6 Å². The minimum absolute atomic E-state index is 0. The molecule has 2 aromatic rings. The first-order valence-corrected chi connectivity index (χ1v) is 8.59. The summed E-state index contributed by atoms with van der Waals surface area (Å²) in [6, 6.07) is 14.6. The van der Waals surface area contributed by atoms with E-state index in [-0.39, 0.29) is 24.0 Å². The Morgan fingerprint density at radius 2 is 1.88 bits per heavy atom. The fraction of sp³-hybridized carbons (Fsp3) is 0.350. The number of nitrogens with two attached hydrogens (primary N) is 1. The minimum atomic E-state index is 0. The molecule has 3 rings (SSSR count). The summed E-state index contributed by atoms with van der Waals surface area (Å²) >= 11 is 0. The van der Waals surface area contributed by atoms with Crippen molar-refractivity contribution in [3.63, 3.8) is 0 Å². The molecular weight excluding hydrogens is 425 g/mol. The monoisotopic (exact) mass is 451 g/mol. The molecule has 0 aliphatic heterocycles. The van der Waals surface area contributed by atoms with Gasteiger partial charge in [-0.25, -0.2) is 4.99 Å². The van der Waals surface area contributed by atoms with E-state index in [2.05, 4.69) is 40.6 Å². The van der Waals surface area contributed by atoms with Crippen LogP contribution in [0.25, 0.3) is 0 Å². The molecule has 0 saturated heterocycles. The van der Waals surface area contributed by atoms with E-state index in [4.69, 9.17) is 10.5 Å². The van der Waals surface area contributed by atoms with Gasteiger partial charge < -0.3 is 15.8 Å². The van der Waals surface area contributed by atoms with Gasteiger partial charge in [-0.3, -0.25) is 0 Å². The molecule has 0 aromatic heterocycles. The van der Waals surface area contributed by atoms with Crippen LogP contribution >= 0.6 is 24.0 Å². The van der Waals surface area contributed by atoms with Crippen molar-refractivity contribution in [3.05, 3.63) is 64.7 Å². The van der Waals surface area contributed by atoms with Crippen molar-refractivity contribution in [3.8, 4) is 0 Å². The molecule has 0 heterocycles. The van der Waals surface area contributed by atoms with Gasteiger partial charge in [0, 0.05) is 12.3 Å². The number of nitrogens with one attached hydrogen (secondary N) is 1. The number of benzene rings is 2. The molecule has 25 heavy (non-hydrogen) atoms. The number of fused-ring (bicyclic) bond motifs is 1. The maximum Gasteiger partial charge on any atom is 0.193 e. The lowest BCUT2D eigenvalue weighted by Gasteiger charge is -2.10. The molecule has 0 amide bonds. The number of guanidine groups is 1. The van der Waals surface area contributed by atoms with Gasteiger partial charge in [-0.1, -0.05) is 30.3 Å². The predicted molar refractivity (Wildman–Crippen MR) is 115 cm³/mol. The Hall–Kier alpha value is -1.60. The second-order valence-corrected chi connectivity index (χ2v) is 6.07. The summed E-state index contributed by atoms with van der Waals surface area (Å²) in [5.41, 5.74) is 12.3. The van der Waals surface area contributed by atoms with Crippen LogP contribution in [0.1, 0.15) is 35.6 Å². The molecular formula is C20H26IN3O. The number of aliphatic imine (C=N–C) groups is 1. The average Bonchev–Trinajstić information content (AvgIpc) is 3.06. The molecule has 0 radical (unpaired) electrons. The lowest BCUT2D eigenvalue weighted by Crippen LogP contribution is -2.22. The number of anilines is 1. The smallest absolute Gasteiger partial charge is 0.193 e. The summed E-state index contributed by atoms with van der Waals surface area (Å²) in [6.45, 7) is 3.87. The van der Waals surface area contributed by atoms with Gasteiger partial charge >= 0.3 is 0 Å². The molecule has 1 aliphatic carbocycles. The van der Waals surface area contributed by atoms with Gasteiger partial charge in [-0.05, 0) is 60.6 Å². The highest BCUT2D eigenvalue weighted by molar-refractivity contribution is 14.0. The summed E-state index contributed by atoms with van der Waals surface area (Å²) in [5, 5.41) is 3.20. The Bertz CT molecular complexity index is 731. The highest BCUT2D eigenvalue weighted by Crippen LogP contribution is 2.24. The zero-order valence-electron chi connectivity index (χ0n) is 14.6. The number of hydrogen-bond donors (Lipinski definition) is 2. The van der Waals surface area contributed by atoms with Gasteiger partial charge in [0.2, 0.25) is 0 Å². The van der Waals surface area contributed by atoms with Gasteiger partial charge in [0.25, 0.3) is 0 Å². The molecule has 0 bridgehead atoms. The van der Waals surface area contributed by atoms with Crippen LogP contribution in [0.4, 0.5) is 5.69 Å². The third-order valence-electron chi connectivity index (χ3n) is 4.37. The van der Waals surface area contributed by atoms with Crippen molar-refractivity contribution in [1.29, 1.82) is 0 Å². The van der Waals surface area contributed by atoms with E-state index < -0.39 is 0 Å². The van der Waals surface area contributed by atoms with Gasteiger partial charge in [-0.15, -0.1) is 24.0 Å². The first kappa shape index (κ1) is 19.7. The van der Waals surface area contributed by atoms with E-state index in [9.17, 15) is 0 Å². The van der Waals surface area contributed by atoms with Gasteiger partial charge in [-0.2, -0.15) is 0 Å². The van der Waals surface area contributed by atoms with E-state index in [0.717, 1.165) is 23.2 Å². The summed E-state index contributed by atoms with van der Waals surface area (Å²) in [6.07, 6.45) is 3.60. The minimum Gasteiger partial charge on any atom is -0.377 e. The molecule has 0 unspecified atom stereocenters. The number of ether oxygens (including phenoxy) is 1. The topological polar surface area (TPSA) is 59.6 Å². The van der Waals surface area contributed by atoms with Crippen LogP contribution in [-0.2, 0) is 30.7 Å². The molecule has 0 fully saturated rings. The van der Waals surface area contributed by atoms with Crippen LogP contribution in [0.3, 0.4) is 0 Å². The first-order chi connectivity index (χ1) is 11.8. The number of hydrogen-bond acceptors (Lipinski definition) is 2. The van der Waals surface area contributed by atoms with Crippen molar-refractivity contribution in [2.24, 2.45) is 10.7 Å². The Kier molecular flexibility index (Phi) is 7.71. The van der Waals surface area contributed by atoms with Crippen molar-refractivity contribution < 1.29 is 4.74 Å². The number of nitrogens with zero attached hydrogens (tertiary/aromatic N) is 1. The predicted octanol–water partition coefficient (Wildman–Crippen LogP) is 4.26. The molecule has 5 heteroatoms. The highest BCUT2D eigenvalue weighted by Gasteiger charge is 2.10. The van der Waals surface area contributed by atoms with E-state index >= 15 is 0 Å². The SMILES string of the molecule is CCOCc1ccccc1CN=C(N)Nc1ccc2c(c1)CCC2.I. The van der Waals surface area contributed by atoms with Gasteiger partial charge in [0.15, 0.2) is 5.96 Å². The third-order valence-corrected chi connectivity index (χ3v) is 4.37. The number of halogens is 1. The normalized spacial score (nSPS) is 13.2. The van der Waals surface area contributed by atoms with E-state index in [1.807, 2.05) is 19.1 Å². The fourth-order valence-electron chi connectivity index (χ4n) is 3.07. The van der Waals surface area contributed by atoms with E-state index in [1.165, 1.54) is 24.0 Å². The second kappa shape index (κ2) is 9.77. The Balaban J connectivity index is 0.00000225. The van der Waals surface area contributed by atoms with Crippen molar-refractivity contribution in [2.45, 2.75) is 39.3 Å². The second-order valence-electron chi connectivity index (χ2n) is 6.07. The number of rotatable bonds is 6. The van der Waals surface area contributed by atoms with Crippen LogP contribution in [0.15, 0.2) is 47.5 Å². The summed E-state index contributed by atoms with van der Waals surface area (Å²) in [5.74, 6) is 0.444. The maximum absolute atomic E-state index is 6.06. The average molecular weight is 451 g/mol. The van der Waals surface area contributed by atoms with Crippen molar-refractivity contribution in [2.75, 3.05) is 11.9 Å². The summed E-state index contributed by atoms with van der Waals surface area (Å²) < 4.78 is 5.51. The molecule has 0 saturated carbocycles. The van der Waals surface area contributed by atoms with Crippen LogP contribution in [0, 0.1) is 0 Å². The van der Waals surface area contributed by atoms with Crippen LogP contribution in [-0.4, -0.2) is 12.6 Å². The zero-order valence-corrected chi connectivity index (χ0v) is 17.0. The molecule has 3 N–H and O–H groups in total. The summed E-state index contributed by atoms with van der Waals surface area (Å²) in [4.78, 5) is 4.48. The third kappa shape index (κ3) is 5.44. The van der Waals surface area contributed by atoms with Gasteiger partial charge in [0.05, 0.1) is 13.2 Å². The fourth-order valence-corrected chi connectivity index (χ4v) is 3.07. The lowest BCUT2D eigenvalue weighted by atomic mass is 10.1. The zero-order chi connectivity index (χ0) is 16.8. The molecule has 0 spiro atoms. The highest BCUT2D eigenvalue weighted by atomic mass is 127. The first-order valence-electron chi connectivity index (χ1n) is 8.59. The molecule has 4 nitrogen and oxygen atoms in total. The Morgan fingerprint density at radius 3 is 2.68 bits per heavy atom.